The van der Waals surface area contributed by atoms with Crippen LogP contribution in [0, 0.1) is 0 Å². The molecule has 1 amide bonds. The second kappa shape index (κ2) is 8.05. The third-order valence-electron chi connectivity index (χ3n) is 3.02. The van der Waals surface area contributed by atoms with Crippen molar-refractivity contribution in [2.45, 2.75) is 19.6 Å². The predicted octanol–water partition coefficient (Wildman–Crippen LogP) is 3.47. The van der Waals surface area contributed by atoms with Gasteiger partial charge >= 0.3 is 12.6 Å². The lowest BCUT2D eigenvalue weighted by atomic mass is 10.2. The smallest absolute Gasteiger partial charge is 0.387 e. The second-order valence-corrected chi connectivity index (χ2v) is 4.78. The number of para-hydroxylation sites is 2. The van der Waals surface area contributed by atoms with E-state index >= 15 is 0 Å². The molecule has 2 aromatic rings. The minimum absolute atomic E-state index is 0.183. The molecule has 0 fully saturated rings. The molecule has 24 heavy (non-hydrogen) atoms. The van der Waals surface area contributed by atoms with Gasteiger partial charge in [0, 0.05) is 5.69 Å². The van der Waals surface area contributed by atoms with Crippen LogP contribution in [0.3, 0.4) is 0 Å². The van der Waals surface area contributed by atoms with Crippen molar-refractivity contribution in [1.29, 1.82) is 0 Å². The number of halogens is 2. The van der Waals surface area contributed by atoms with E-state index in [1.54, 1.807) is 30.3 Å². The first-order chi connectivity index (χ1) is 11.5. The van der Waals surface area contributed by atoms with Gasteiger partial charge < -0.3 is 14.8 Å². The highest BCUT2D eigenvalue weighted by molar-refractivity contribution is 5.98. The Bertz CT molecular complexity index is 707. The molecule has 0 aliphatic heterocycles. The first kappa shape index (κ1) is 17.4. The molecule has 0 aliphatic carbocycles. The molecule has 126 valence electrons. The van der Waals surface area contributed by atoms with E-state index < -0.39 is 24.6 Å². The molecule has 0 unspecified atom stereocenters. The summed E-state index contributed by atoms with van der Waals surface area (Å²) in [5, 5.41) is 2.58. The van der Waals surface area contributed by atoms with Crippen molar-refractivity contribution < 1.29 is 27.8 Å². The number of alkyl halides is 2. The van der Waals surface area contributed by atoms with Gasteiger partial charge in [0.15, 0.2) is 6.10 Å². The summed E-state index contributed by atoms with van der Waals surface area (Å²) in [7, 11) is 0. The Morgan fingerprint density at radius 1 is 1.00 bits per heavy atom. The van der Waals surface area contributed by atoms with Crippen LogP contribution in [0.15, 0.2) is 54.6 Å². The summed E-state index contributed by atoms with van der Waals surface area (Å²) >= 11 is 0. The number of nitrogens with one attached hydrogen (secondary N) is 1. The van der Waals surface area contributed by atoms with E-state index in [0.29, 0.717) is 5.69 Å². The van der Waals surface area contributed by atoms with Crippen LogP contribution in [0.4, 0.5) is 14.5 Å². The summed E-state index contributed by atoms with van der Waals surface area (Å²) in [6.07, 6.45) is -1.11. The second-order valence-electron chi connectivity index (χ2n) is 4.78. The monoisotopic (exact) mass is 335 g/mol. The average molecular weight is 335 g/mol. The highest BCUT2D eigenvalue weighted by Crippen LogP contribution is 2.21. The molecular weight excluding hydrogens is 320 g/mol. The zero-order chi connectivity index (χ0) is 17.5. The maximum absolute atomic E-state index is 12.4. The molecule has 1 atom stereocenters. The molecule has 0 saturated heterocycles. The minimum Gasteiger partial charge on any atom is -0.449 e. The normalized spacial score (nSPS) is 11.7. The van der Waals surface area contributed by atoms with Gasteiger partial charge in [-0.25, -0.2) is 4.79 Å². The Hall–Kier alpha value is -2.96. The maximum Gasteiger partial charge on any atom is 0.387 e. The molecule has 2 rings (SSSR count). The third kappa shape index (κ3) is 4.77. The highest BCUT2D eigenvalue weighted by atomic mass is 19.3. The van der Waals surface area contributed by atoms with Crippen LogP contribution >= 0.6 is 0 Å². The number of amides is 1. The molecule has 2 aromatic carbocycles. The molecule has 0 radical (unpaired) electrons. The molecule has 0 aliphatic rings. The third-order valence-corrected chi connectivity index (χ3v) is 3.02. The molecule has 7 heteroatoms. The fourth-order valence-corrected chi connectivity index (χ4v) is 1.88. The first-order valence-corrected chi connectivity index (χ1v) is 7.08. The zero-order valence-electron chi connectivity index (χ0n) is 12.7. The van der Waals surface area contributed by atoms with Crippen LogP contribution in [0.25, 0.3) is 0 Å². The van der Waals surface area contributed by atoms with Gasteiger partial charge in [0.2, 0.25) is 0 Å². The van der Waals surface area contributed by atoms with Crippen LogP contribution < -0.4 is 10.1 Å². The number of anilines is 1. The summed E-state index contributed by atoms with van der Waals surface area (Å²) in [4.78, 5) is 24.1. The lowest BCUT2D eigenvalue weighted by Gasteiger charge is -2.15. The van der Waals surface area contributed by atoms with E-state index in [-0.39, 0.29) is 11.3 Å². The Balaban J connectivity index is 2.02. The lowest BCUT2D eigenvalue weighted by molar-refractivity contribution is -0.123. The van der Waals surface area contributed by atoms with Gasteiger partial charge in [-0.2, -0.15) is 8.78 Å². The Kier molecular flexibility index (Phi) is 5.83. The molecule has 0 heterocycles. The summed E-state index contributed by atoms with van der Waals surface area (Å²) < 4.78 is 34.0. The number of rotatable bonds is 6. The lowest BCUT2D eigenvalue weighted by Crippen LogP contribution is -2.30. The zero-order valence-corrected chi connectivity index (χ0v) is 12.7. The Morgan fingerprint density at radius 3 is 2.29 bits per heavy atom. The number of carbonyl (C=O) groups is 2. The molecule has 0 bridgehead atoms. The fourth-order valence-electron chi connectivity index (χ4n) is 1.88. The van der Waals surface area contributed by atoms with Gasteiger partial charge in [-0.3, -0.25) is 4.79 Å². The maximum atomic E-state index is 12.4. The molecule has 1 N–H and O–H groups in total. The van der Waals surface area contributed by atoms with Crippen molar-refractivity contribution >= 4 is 17.6 Å². The molecule has 0 saturated carbocycles. The van der Waals surface area contributed by atoms with Crippen molar-refractivity contribution in [3.8, 4) is 5.75 Å². The van der Waals surface area contributed by atoms with Crippen LogP contribution in [0.1, 0.15) is 17.3 Å². The number of hydrogen-bond acceptors (Lipinski definition) is 4. The fraction of sp³-hybridized carbons (Fsp3) is 0.176. The van der Waals surface area contributed by atoms with Crippen molar-refractivity contribution in [2.24, 2.45) is 0 Å². The molecule has 5 nitrogen and oxygen atoms in total. The van der Waals surface area contributed by atoms with Gasteiger partial charge in [0.1, 0.15) is 11.3 Å². The summed E-state index contributed by atoms with van der Waals surface area (Å²) in [5.41, 5.74) is 0.365. The standard InChI is InChI=1S/C17H15F2NO4/c1-11(15(21)20-12-7-3-2-4-8-12)23-16(22)13-9-5-6-10-14(13)24-17(18)19/h2-11,17H,1H3,(H,20,21)/t11-/m0/s1. The quantitative estimate of drug-likeness (QED) is 0.821. The van der Waals surface area contributed by atoms with Crippen molar-refractivity contribution in [3.05, 3.63) is 60.2 Å². The van der Waals surface area contributed by atoms with Crippen LogP contribution in [-0.4, -0.2) is 24.6 Å². The van der Waals surface area contributed by atoms with E-state index in [4.69, 9.17) is 4.74 Å². The minimum atomic E-state index is -3.07. The topological polar surface area (TPSA) is 64.6 Å². The van der Waals surface area contributed by atoms with E-state index in [9.17, 15) is 18.4 Å². The van der Waals surface area contributed by atoms with Crippen LogP contribution in [0.5, 0.6) is 5.75 Å². The highest BCUT2D eigenvalue weighted by Gasteiger charge is 2.22. The Morgan fingerprint density at radius 2 is 1.62 bits per heavy atom. The van der Waals surface area contributed by atoms with Crippen LogP contribution in [-0.2, 0) is 9.53 Å². The van der Waals surface area contributed by atoms with Gasteiger partial charge in [0.05, 0.1) is 0 Å². The van der Waals surface area contributed by atoms with Crippen molar-refractivity contribution in [2.75, 3.05) is 5.32 Å². The van der Waals surface area contributed by atoms with Gasteiger partial charge in [-0.15, -0.1) is 0 Å². The van der Waals surface area contributed by atoms with Crippen molar-refractivity contribution in [1.82, 2.24) is 0 Å². The average Bonchev–Trinajstić information content (AvgIpc) is 2.55. The summed E-state index contributed by atoms with van der Waals surface area (Å²) in [6.45, 7) is -1.69. The number of ether oxygens (including phenoxy) is 2. The molecular formula is C17H15F2NO4. The SMILES string of the molecule is C[C@H](OC(=O)c1ccccc1OC(F)F)C(=O)Nc1ccccc1. The number of carbonyl (C=O) groups excluding carboxylic acids is 2. The van der Waals surface area contributed by atoms with Gasteiger partial charge in [-0.1, -0.05) is 30.3 Å². The summed E-state index contributed by atoms with van der Waals surface area (Å²) in [5.74, 6) is -1.78. The van der Waals surface area contributed by atoms with Gasteiger partial charge in [-0.05, 0) is 31.2 Å². The van der Waals surface area contributed by atoms with E-state index in [2.05, 4.69) is 10.1 Å². The number of esters is 1. The number of benzene rings is 2. The first-order valence-electron chi connectivity index (χ1n) is 7.08. The van der Waals surface area contributed by atoms with Gasteiger partial charge in [0.25, 0.3) is 5.91 Å². The van der Waals surface area contributed by atoms with E-state index in [1.807, 2.05) is 0 Å². The molecule has 0 aromatic heterocycles. The summed E-state index contributed by atoms with van der Waals surface area (Å²) in [6, 6.07) is 14.0. The predicted molar refractivity (Wildman–Crippen MR) is 83.0 cm³/mol. The van der Waals surface area contributed by atoms with Crippen LogP contribution in [0.2, 0.25) is 0 Å². The van der Waals surface area contributed by atoms with Crippen molar-refractivity contribution in [3.63, 3.8) is 0 Å². The molecule has 0 spiro atoms. The Labute approximate surface area is 137 Å². The number of hydrogen-bond donors (Lipinski definition) is 1. The van der Waals surface area contributed by atoms with E-state index in [1.165, 1.54) is 31.2 Å². The van der Waals surface area contributed by atoms with E-state index in [0.717, 1.165) is 0 Å². The largest absolute Gasteiger partial charge is 0.449 e.